The van der Waals surface area contributed by atoms with Gasteiger partial charge in [0.25, 0.3) is 0 Å². The predicted molar refractivity (Wildman–Crippen MR) is 157 cm³/mol. The number of pyridine rings is 2. The summed E-state index contributed by atoms with van der Waals surface area (Å²) in [6, 6.07) is 15.3. The van der Waals surface area contributed by atoms with Crippen molar-refractivity contribution >= 4 is 17.5 Å². The molecule has 5 aromatic heterocycles. The van der Waals surface area contributed by atoms with E-state index in [2.05, 4.69) is 72.7 Å². The molecule has 0 saturated carbocycles. The molecule has 0 aliphatic carbocycles. The number of nitrogens with one attached hydrogen (secondary N) is 2. The van der Waals surface area contributed by atoms with E-state index in [-0.39, 0.29) is 0 Å². The average Bonchev–Trinajstić information content (AvgIpc) is 3.54. The van der Waals surface area contributed by atoms with Gasteiger partial charge in [-0.1, -0.05) is 6.07 Å². The Balaban J connectivity index is 0.990. The smallest absolute Gasteiger partial charge is 0.163 e. The van der Waals surface area contributed by atoms with Crippen molar-refractivity contribution in [2.24, 2.45) is 0 Å². The molecule has 0 radical (unpaired) electrons. The lowest BCUT2D eigenvalue weighted by Crippen LogP contribution is -2.68. The molecule has 208 valence electrons. The molecule has 2 N–H and O–H groups in total. The average molecular weight is 548 g/mol. The lowest BCUT2D eigenvalue weighted by molar-refractivity contribution is -0.00875. The van der Waals surface area contributed by atoms with Gasteiger partial charge in [-0.3, -0.25) is 10.00 Å². The summed E-state index contributed by atoms with van der Waals surface area (Å²) < 4.78 is 1.90. The second-order valence-corrected chi connectivity index (χ2v) is 11.2. The number of aromatic nitrogens is 8. The maximum absolute atomic E-state index is 4.81. The molecular formula is C30H33N11. The lowest BCUT2D eigenvalue weighted by Gasteiger charge is -2.56. The quantitative estimate of drug-likeness (QED) is 0.308. The molecule has 8 rings (SSSR count). The number of anilines is 3. The second-order valence-electron chi connectivity index (χ2n) is 11.2. The minimum absolute atomic E-state index is 0.519. The van der Waals surface area contributed by atoms with E-state index in [9.17, 15) is 0 Å². The van der Waals surface area contributed by atoms with Gasteiger partial charge in [0.05, 0.1) is 5.69 Å². The van der Waals surface area contributed by atoms with Gasteiger partial charge in [0.15, 0.2) is 17.5 Å². The summed E-state index contributed by atoms with van der Waals surface area (Å²) in [5, 5.41) is 15.0. The first-order chi connectivity index (χ1) is 19.9. The van der Waals surface area contributed by atoms with Gasteiger partial charge in [0.1, 0.15) is 11.6 Å². The van der Waals surface area contributed by atoms with Crippen LogP contribution in [0.25, 0.3) is 17.2 Å². The van der Waals surface area contributed by atoms with Crippen LogP contribution in [0.15, 0.2) is 54.9 Å². The molecule has 2 atom stereocenters. The summed E-state index contributed by atoms with van der Waals surface area (Å²) in [6.07, 6.45) is 5.09. The highest BCUT2D eigenvalue weighted by atomic mass is 15.4. The van der Waals surface area contributed by atoms with Crippen LogP contribution in [0.4, 0.5) is 17.5 Å². The number of rotatable bonds is 7. The van der Waals surface area contributed by atoms with Crippen molar-refractivity contribution in [1.82, 2.24) is 44.8 Å². The molecular weight excluding hydrogens is 514 g/mol. The Hall–Kier alpha value is -4.64. The van der Waals surface area contributed by atoms with Crippen LogP contribution in [-0.4, -0.2) is 70.0 Å². The highest BCUT2D eigenvalue weighted by Crippen LogP contribution is 2.35. The summed E-state index contributed by atoms with van der Waals surface area (Å²) in [5.74, 6) is 3.93. The predicted octanol–water partition coefficient (Wildman–Crippen LogP) is 4.28. The first-order valence-electron chi connectivity index (χ1n) is 14.0. The first kappa shape index (κ1) is 25.3. The Morgan fingerprint density at radius 1 is 0.854 bits per heavy atom. The van der Waals surface area contributed by atoms with Crippen LogP contribution in [0.3, 0.4) is 0 Å². The Labute approximate surface area is 238 Å². The first-order valence-corrected chi connectivity index (χ1v) is 14.0. The van der Waals surface area contributed by atoms with Crippen LogP contribution >= 0.6 is 0 Å². The Morgan fingerprint density at radius 3 is 2.32 bits per heavy atom. The summed E-state index contributed by atoms with van der Waals surface area (Å²) >= 11 is 0. The van der Waals surface area contributed by atoms with Gasteiger partial charge in [-0.2, -0.15) is 10.2 Å². The maximum Gasteiger partial charge on any atom is 0.163 e. The van der Waals surface area contributed by atoms with E-state index in [1.54, 1.807) is 0 Å². The molecule has 0 aromatic carbocycles. The van der Waals surface area contributed by atoms with Crippen LogP contribution in [0.5, 0.6) is 0 Å². The van der Waals surface area contributed by atoms with Crippen molar-refractivity contribution in [3.05, 3.63) is 83.2 Å². The van der Waals surface area contributed by atoms with Crippen LogP contribution in [-0.2, 0) is 6.54 Å². The number of H-pyrrole nitrogens is 1. The summed E-state index contributed by atoms with van der Waals surface area (Å²) in [4.78, 5) is 23.8. The van der Waals surface area contributed by atoms with Gasteiger partial charge in [-0.05, 0) is 63.9 Å². The molecule has 5 aromatic rings. The summed E-state index contributed by atoms with van der Waals surface area (Å²) in [7, 11) is 0. The zero-order valence-corrected chi connectivity index (χ0v) is 23.7. The Morgan fingerprint density at radius 2 is 1.66 bits per heavy atom. The molecule has 11 heteroatoms. The van der Waals surface area contributed by atoms with Gasteiger partial charge >= 0.3 is 0 Å². The second kappa shape index (κ2) is 10.1. The van der Waals surface area contributed by atoms with Crippen molar-refractivity contribution in [1.29, 1.82) is 0 Å². The Kier molecular flexibility index (Phi) is 6.23. The third kappa shape index (κ3) is 5.04. The third-order valence-corrected chi connectivity index (χ3v) is 7.89. The molecule has 11 nitrogen and oxygen atoms in total. The van der Waals surface area contributed by atoms with E-state index >= 15 is 0 Å². The monoisotopic (exact) mass is 547 g/mol. The molecule has 2 unspecified atom stereocenters. The standard InChI is InChI=1S/C30H33N11/c1-18-10-26(34-27-11-19(2)36-37-27)35-30(33-18)23-6-8-28(32-14-23)39-16-24-12-25(17-39)40(24)15-22-5-7-29(31-13-22)41-21(4)9-20(3)38-41/h5-11,13-14,24-25H,12,15-17H2,1-4H3,(H2,33,34,35,36,37). The largest absolute Gasteiger partial charge is 0.353 e. The molecule has 2 bridgehead atoms. The van der Waals surface area contributed by atoms with Crippen LogP contribution in [0.2, 0.25) is 0 Å². The summed E-state index contributed by atoms with van der Waals surface area (Å²) in [6.45, 7) is 10.8. The van der Waals surface area contributed by atoms with Crippen molar-refractivity contribution in [3.8, 4) is 17.2 Å². The number of piperazine rings is 1. The van der Waals surface area contributed by atoms with E-state index in [1.807, 2.05) is 50.0 Å². The molecule has 3 aliphatic heterocycles. The number of nitrogens with zero attached hydrogens (tertiary/aromatic N) is 9. The normalized spacial score (nSPS) is 18.4. The molecule has 0 amide bonds. The zero-order chi connectivity index (χ0) is 28.1. The van der Waals surface area contributed by atoms with E-state index in [4.69, 9.17) is 15.0 Å². The van der Waals surface area contributed by atoms with Crippen LogP contribution in [0, 0.1) is 27.7 Å². The molecule has 3 aliphatic rings. The number of aromatic amines is 1. The molecule has 3 fully saturated rings. The van der Waals surface area contributed by atoms with Gasteiger partial charge < -0.3 is 10.2 Å². The van der Waals surface area contributed by atoms with Gasteiger partial charge in [-0.25, -0.2) is 24.6 Å². The minimum atomic E-state index is 0.519. The van der Waals surface area contributed by atoms with E-state index < -0.39 is 0 Å². The SMILES string of the molecule is Cc1cc(Nc2cc(C)[nH]n2)nc(-c2ccc(N3CC4CC(C3)N4Cc3ccc(-n4nc(C)cc4C)nc3)nc2)n1. The topological polar surface area (TPSA) is 117 Å². The third-order valence-electron chi connectivity index (χ3n) is 7.89. The molecule has 0 spiro atoms. The van der Waals surface area contributed by atoms with E-state index in [0.29, 0.717) is 23.7 Å². The van der Waals surface area contributed by atoms with Crippen LogP contribution < -0.4 is 10.2 Å². The fraction of sp³-hybridized carbons (Fsp3) is 0.333. The number of piperidine rings is 1. The summed E-state index contributed by atoms with van der Waals surface area (Å²) in [5.41, 5.74) is 6.08. The maximum atomic E-state index is 4.81. The number of aryl methyl sites for hydroxylation is 4. The highest BCUT2D eigenvalue weighted by Gasteiger charge is 2.44. The van der Waals surface area contributed by atoms with Crippen molar-refractivity contribution < 1.29 is 0 Å². The van der Waals surface area contributed by atoms with Crippen molar-refractivity contribution in [2.75, 3.05) is 23.3 Å². The lowest BCUT2D eigenvalue weighted by atomic mass is 9.87. The molecule has 41 heavy (non-hydrogen) atoms. The van der Waals surface area contributed by atoms with Gasteiger partial charge in [-0.15, -0.1) is 0 Å². The van der Waals surface area contributed by atoms with Crippen molar-refractivity contribution in [3.63, 3.8) is 0 Å². The minimum Gasteiger partial charge on any atom is -0.353 e. The fourth-order valence-electron chi connectivity index (χ4n) is 5.92. The van der Waals surface area contributed by atoms with Gasteiger partial charge in [0, 0.05) is 78.9 Å². The molecule has 8 heterocycles. The Bertz CT molecular complexity index is 1670. The zero-order valence-electron chi connectivity index (χ0n) is 23.7. The van der Waals surface area contributed by atoms with E-state index in [1.165, 1.54) is 12.0 Å². The van der Waals surface area contributed by atoms with Gasteiger partial charge in [0.2, 0.25) is 0 Å². The van der Waals surface area contributed by atoms with Crippen molar-refractivity contribution in [2.45, 2.75) is 52.7 Å². The molecule has 3 saturated heterocycles. The fourth-order valence-corrected chi connectivity index (χ4v) is 5.92. The highest BCUT2D eigenvalue weighted by molar-refractivity contribution is 5.61. The van der Waals surface area contributed by atoms with Crippen LogP contribution in [0.1, 0.15) is 34.8 Å². The number of hydrogen-bond donors (Lipinski definition) is 2. The number of fused-ring (bicyclic) bond motifs is 2. The number of hydrogen-bond acceptors (Lipinski definition) is 9. The van der Waals surface area contributed by atoms with E-state index in [0.717, 1.165) is 65.4 Å².